The number of ketones is 1. The van der Waals surface area contributed by atoms with Gasteiger partial charge in [-0.15, -0.1) is 0 Å². The van der Waals surface area contributed by atoms with Crippen molar-refractivity contribution >= 4 is 5.78 Å². The van der Waals surface area contributed by atoms with E-state index < -0.39 is 0 Å². The number of carbonyl (C=O) groups excluding carboxylic acids is 1. The Morgan fingerprint density at radius 1 is 0.967 bits per heavy atom. The van der Waals surface area contributed by atoms with Crippen molar-refractivity contribution in [2.45, 2.75) is 111 Å². The van der Waals surface area contributed by atoms with Gasteiger partial charge in [0.2, 0.25) is 0 Å². The molecule has 4 fully saturated rings. The van der Waals surface area contributed by atoms with Gasteiger partial charge in [0.05, 0.1) is 12.2 Å². The van der Waals surface area contributed by atoms with E-state index in [1.807, 2.05) is 6.08 Å². The number of rotatable bonds is 2. The molecule has 5 rings (SSSR count). The van der Waals surface area contributed by atoms with Crippen molar-refractivity contribution in [3.63, 3.8) is 0 Å². The summed E-state index contributed by atoms with van der Waals surface area (Å²) in [5.74, 6) is 3.97. The van der Waals surface area contributed by atoms with E-state index in [-0.39, 0.29) is 11.7 Å². The highest BCUT2D eigenvalue weighted by molar-refractivity contribution is 5.91. The molecular weight excluding hydrogens is 372 g/mol. The molecule has 3 heteroatoms. The van der Waals surface area contributed by atoms with E-state index in [1.165, 1.54) is 37.7 Å². The molecule has 3 nitrogen and oxygen atoms in total. The van der Waals surface area contributed by atoms with Gasteiger partial charge in [-0.25, -0.2) is 0 Å². The van der Waals surface area contributed by atoms with Crippen LogP contribution in [0.3, 0.4) is 0 Å². The number of carbonyl (C=O) groups is 1. The molecule has 3 saturated carbocycles. The molecule has 0 spiro atoms. The number of hydrogen-bond acceptors (Lipinski definition) is 3. The van der Waals surface area contributed by atoms with Gasteiger partial charge in [0.15, 0.2) is 12.1 Å². The van der Waals surface area contributed by atoms with E-state index in [2.05, 4.69) is 34.6 Å². The van der Waals surface area contributed by atoms with Crippen LogP contribution in [0.4, 0.5) is 0 Å². The van der Waals surface area contributed by atoms with Crippen LogP contribution in [-0.4, -0.2) is 24.3 Å². The summed E-state index contributed by atoms with van der Waals surface area (Å²) in [6, 6.07) is 0. The van der Waals surface area contributed by atoms with Gasteiger partial charge in [0.1, 0.15) is 0 Å². The fourth-order valence-electron chi connectivity index (χ4n) is 8.97. The van der Waals surface area contributed by atoms with Crippen LogP contribution in [0.15, 0.2) is 11.6 Å². The van der Waals surface area contributed by atoms with Crippen molar-refractivity contribution in [1.29, 1.82) is 0 Å². The molecular formula is C27H42O3. The van der Waals surface area contributed by atoms with Crippen molar-refractivity contribution in [3.8, 4) is 0 Å². The highest BCUT2D eigenvalue weighted by Gasteiger charge is 2.60. The SMILES string of the molecule is C[C@H](C1O[C@@H](C)C[C@H](C)O1)[C@H]1CCC2C3CCC4=CC(=O)CC[C@]4(C)[C@H]3CC[C@@]21C. The van der Waals surface area contributed by atoms with E-state index in [0.29, 0.717) is 35.2 Å². The van der Waals surface area contributed by atoms with Crippen LogP contribution in [0.25, 0.3) is 0 Å². The molecule has 4 aliphatic carbocycles. The zero-order valence-corrected chi connectivity index (χ0v) is 19.8. The lowest BCUT2D eigenvalue weighted by molar-refractivity contribution is -0.265. The minimum absolute atomic E-state index is 0.0372. The van der Waals surface area contributed by atoms with Crippen LogP contribution in [0.2, 0.25) is 0 Å². The van der Waals surface area contributed by atoms with E-state index in [1.54, 1.807) is 0 Å². The first-order valence-electron chi connectivity index (χ1n) is 12.8. The number of allylic oxidation sites excluding steroid dienone is 1. The van der Waals surface area contributed by atoms with Crippen molar-refractivity contribution < 1.29 is 14.3 Å². The van der Waals surface area contributed by atoms with Gasteiger partial charge in [-0.3, -0.25) is 4.79 Å². The topological polar surface area (TPSA) is 35.5 Å². The minimum atomic E-state index is -0.0372. The number of fused-ring (bicyclic) bond motifs is 5. The molecule has 0 aromatic heterocycles. The lowest BCUT2D eigenvalue weighted by Gasteiger charge is -2.58. The third-order valence-electron chi connectivity index (χ3n) is 10.5. The standard InChI is InChI=1S/C27H42O3/c1-16-14-17(2)30-25(29-16)18(3)22-8-9-23-21-7-6-19-15-20(28)10-12-26(19,4)24(21)11-13-27(22,23)5/h15-18,21-25H,6-14H2,1-5H3/t16-,17-,18-,21?,22+,23?,24-,26-,27+/m0/s1. The highest BCUT2D eigenvalue weighted by Crippen LogP contribution is 2.67. The number of ether oxygens (including phenoxy) is 2. The van der Waals surface area contributed by atoms with Crippen LogP contribution >= 0.6 is 0 Å². The van der Waals surface area contributed by atoms with Crippen molar-refractivity contribution in [3.05, 3.63) is 11.6 Å². The Morgan fingerprint density at radius 3 is 2.43 bits per heavy atom. The first-order valence-corrected chi connectivity index (χ1v) is 12.8. The smallest absolute Gasteiger partial charge is 0.161 e. The lowest BCUT2D eigenvalue weighted by atomic mass is 9.46. The van der Waals surface area contributed by atoms with E-state index >= 15 is 0 Å². The zero-order chi connectivity index (χ0) is 21.3. The largest absolute Gasteiger partial charge is 0.349 e. The summed E-state index contributed by atoms with van der Waals surface area (Å²) in [6.45, 7) is 11.9. The predicted octanol–water partition coefficient (Wildman–Crippen LogP) is 6.31. The van der Waals surface area contributed by atoms with E-state index in [4.69, 9.17) is 9.47 Å². The van der Waals surface area contributed by atoms with Gasteiger partial charge in [-0.1, -0.05) is 26.3 Å². The second kappa shape index (κ2) is 7.44. The molecule has 0 radical (unpaired) electrons. The fourth-order valence-corrected chi connectivity index (χ4v) is 8.97. The van der Waals surface area contributed by atoms with Gasteiger partial charge in [-0.2, -0.15) is 0 Å². The summed E-state index contributed by atoms with van der Waals surface area (Å²) in [5, 5.41) is 0. The molecule has 2 unspecified atom stereocenters. The highest BCUT2D eigenvalue weighted by atomic mass is 16.7. The molecule has 0 N–H and O–H groups in total. The molecule has 168 valence electrons. The van der Waals surface area contributed by atoms with Gasteiger partial charge < -0.3 is 9.47 Å². The molecule has 1 aliphatic heterocycles. The average molecular weight is 415 g/mol. The lowest BCUT2D eigenvalue weighted by Crippen LogP contribution is -2.52. The maximum Gasteiger partial charge on any atom is 0.161 e. The molecule has 0 amide bonds. The Labute approximate surface area is 183 Å². The van der Waals surface area contributed by atoms with Crippen molar-refractivity contribution in [2.75, 3.05) is 0 Å². The summed E-state index contributed by atoms with van der Waals surface area (Å²) >= 11 is 0. The van der Waals surface area contributed by atoms with E-state index in [9.17, 15) is 4.79 Å². The maximum absolute atomic E-state index is 12.1. The van der Waals surface area contributed by atoms with Crippen molar-refractivity contribution in [1.82, 2.24) is 0 Å². The summed E-state index contributed by atoms with van der Waals surface area (Å²) in [6.07, 6.45) is 13.3. The van der Waals surface area contributed by atoms with Crippen LogP contribution in [0, 0.1) is 40.4 Å². The third-order valence-corrected chi connectivity index (χ3v) is 10.5. The zero-order valence-electron chi connectivity index (χ0n) is 19.8. The molecule has 0 aromatic carbocycles. The predicted molar refractivity (Wildman–Crippen MR) is 119 cm³/mol. The quantitative estimate of drug-likeness (QED) is 0.531. The Balaban J connectivity index is 1.37. The molecule has 9 atom stereocenters. The van der Waals surface area contributed by atoms with Crippen LogP contribution < -0.4 is 0 Å². The first kappa shape index (κ1) is 21.2. The van der Waals surface area contributed by atoms with Gasteiger partial charge in [-0.05, 0) is 106 Å². The second-order valence-electron chi connectivity index (χ2n) is 12.1. The maximum atomic E-state index is 12.1. The summed E-state index contributed by atoms with van der Waals surface area (Å²) in [7, 11) is 0. The molecule has 1 saturated heterocycles. The van der Waals surface area contributed by atoms with Gasteiger partial charge in [0.25, 0.3) is 0 Å². The third kappa shape index (κ3) is 3.17. The van der Waals surface area contributed by atoms with Crippen molar-refractivity contribution in [2.24, 2.45) is 40.4 Å². The molecule has 1 heterocycles. The normalized spacial score (nSPS) is 52.1. The van der Waals surface area contributed by atoms with E-state index in [0.717, 1.165) is 43.4 Å². The minimum Gasteiger partial charge on any atom is -0.349 e. The molecule has 0 bridgehead atoms. The Bertz CT molecular complexity index is 718. The van der Waals surface area contributed by atoms with Gasteiger partial charge >= 0.3 is 0 Å². The average Bonchev–Trinajstić information content (AvgIpc) is 3.04. The van der Waals surface area contributed by atoms with Crippen LogP contribution in [0.1, 0.15) is 92.4 Å². The Morgan fingerprint density at radius 2 is 1.70 bits per heavy atom. The summed E-state index contributed by atoms with van der Waals surface area (Å²) in [4.78, 5) is 12.1. The second-order valence-corrected chi connectivity index (χ2v) is 12.1. The summed E-state index contributed by atoms with van der Waals surface area (Å²) < 4.78 is 12.6. The molecule has 30 heavy (non-hydrogen) atoms. The first-order chi connectivity index (χ1) is 14.2. The molecule has 0 aromatic rings. The van der Waals surface area contributed by atoms with Crippen LogP contribution in [0.5, 0.6) is 0 Å². The summed E-state index contributed by atoms with van der Waals surface area (Å²) in [5.41, 5.74) is 2.18. The number of hydrogen-bond donors (Lipinski definition) is 0. The monoisotopic (exact) mass is 414 g/mol. The van der Waals surface area contributed by atoms with Gasteiger partial charge in [0, 0.05) is 12.3 Å². The van der Waals surface area contributed by atoms with Crippen LogP contribution in [-0.2, 0) is 14.3 Å². The molecule has 5 aliphatic rings. The Kier molecular flexibility index (Phi) is 5.26. The fraction of sp³-hybridized carbons (Fsp3) is 0.889. The Hall–Kier alpha value is -0.670.